The number of methoxy groups -OCH3 is 1. The van der Waals surface area contributed by atoms with Crippen LogP contribution in [0.25, 0.3) is 22.4 Å². The average Bonchev–Trinajstić information content (AvgIpc) is 3.13. The van der Waals surface area contributed by atoms with Gasteiger partial charge in [-0.3, -0.25) is 4.79 Å². The number of nitrogens with one attached hydrogen (secondary N) is 3. The normalized spacial score (nSPS) is 16.5. The Morgan fingerprint density at radius 3 is 2.54 bits per heavy atom. The van der Waals surface area contributed by atoms with Gasteiger partial charge < -0.3 is 20.4 Å². The number of anilines is 1. The maximum absolute atomic E-state index is 12.7. The zero-order chi connectivity index (χ0) is 18.0. The summed E-state index contributed by atoms with van der Waals surface area (Å²) in [5.41, 5.74) is 2.93. The summed E-state index contributed by atoms with van der Waals surface area (Å²) < 4.78 is 5.57. The maximum Gasteiger partial charge on any atom is 0.256 e. The fourth-order valence-corrected chi connectivity index (χ4v) is 3.40. The van der Waals surface area contributed by atoms with E-state index in [-0.39, 0.29) is 5.91 Å². The molecule has 0 atom stereocenters. The number of piperidine rings is 1. The number of benzene rings is 2. The van der Waals surface area contributed by atoms with E-state index in [4.69, 9.17) is 4.74 Å². The third-order valence-electron chi connectivity index (χ3n) is 5.02. The van der Waals surface area contributed by atoms with Crippen LogP contribution in [-0.2, 0) is 9.53 Å². The second-order valence-corrected chi connectivity index (χ2v) is 6.58. The summed E-state index contributed by atoms with van der Waals surface area (Å²) in [5, 5.41) is 6.25. The van der Waals surface area contributed by atoms with Crippen LogP contribution in [0, 0.1) is 0 Å². The van der Waals surface area contributed by atoms with E-state index < -0.39 is 5.60 Å². The molecule has 1 aliphatic heterocycles. The summed E-state index contributed by atoms with van der Waals surface area (Å²) in [6.45, 7) is 1.57. The molecular formula is C20H22N4O2. The molecule has 0 saturated carbocycles. The van der Waals surface area contributed by atoms with Crippen molar-refractivity contribution < 1.29 is 9.53 Å². The summed E-state index contributed by atoms with van der Waals surface area (Å²) in [7, 11) is 1.61. The first-order valence-corrected chi connectivity index (χ1v) is 8.83. The van der Waals surface area contributed by atoms with Crippen LogP contribution in [0.3, 0.4) is 0 Å². The quantitative estimate of drug-likeness (QED) is 0.676. The standard InChI is InChI=1S/C20H22N4O2/c1-26-20(10-12-21-13-11-20)19(25)22-15-8-6-14(7-9-15)18-23-16-4-2-3-5-17(16)24-18/h2-9,21H,10-13H2,1H3,(H,22,25)(H,23,24). The number of aromatic amines is 1. The molecule has 2 aromatic carbocycles. The highest BCUT2D eigenvalue weighted by atomic mass is 16.5. The van der Waals surface area contributed by atoms with Gasteiger partial charge in [-0.05, 0) is 62.3 Å². The number of aromatic nitrogens is 2. The summed E-state index contributed by atoms with van der Waals surface area (Å²) >= 11 is 0. The van der Waals surface area contributed by atoms with Gasteiger partial charge in [-0.2, -0.15) is 0 Å². The SMILES string of the molecule is COC1(C(=O)Nc2ccc(-c3nc4ccccc4[nH]3)cc2)CCNCC1. The van der Waals surface area contributed by atoms with Crippen LogP contribution in [-0.4, -0.2) is 41.7 Å². The molecule has 2 heterocycles. The number of nitrogens with zero attached hydrogens (tertiary/aromatic N) is 1. The third kappa shape index (κ3) is 3.09. The highest BCUT2D eigenvalue weighted by Crippen LogP contribution is 2.26. The second kappa shape index (κ2) is 6.90. The molecular weight excluding hydrogens is 328 g/mol. The van der Waals surface area contributed by atoms with E-state index in [1.807, 2.05) is 48.5 Å². The van der Waals surface area contributed by atoms with Gasteiger partial charge in [0.15, 0.2) is 0 Å². The fourth-order valence-electron chi connectivity index (χ4n) is 3.40. The Balaban J connectivity index is 1.51. The number of imidazole rings is 1. The number of carbonyl (C=O) groups is 1. The molecule has 0 bridgehead atoms. The Bertz CT molecular complexity index is 878. The van der Waals surface area contributed by atoms with Crippen LogP contribution in [0.4, 0.5) is 5.69 Å². The lowest BCUT2D eigenvalue weighted by Gasteiger charge is -2.34. The minimum Gasteiger partial charge on any atom is -0.368 e. The lowest BCUT2D eigenvalue weighted by Crippen LogP contribution is -2.51. The zero-order valence-electron chi connectivity index (χ0n) is 14.7. The topological polar surface area (TPSA) is 79.0 Å². The van der Waals surface area contributed by atoms with Crippen molar-refractivity contribution in [3.8, 4) is 11.4 Å². The molecule has 3 N–H and O–H groups in total. The van der Waals surface area contributed by atoms with Crippen LogP contribution in [0.5, 0.6) is 0 Å². The monoisotopic (exact) mass is 350 g/mol. The number of amides is 1. The van der Waals surface area contributed by atoms with Gasteiger partial charge in [-0.15, -0.1) is 0 Å². The van der Waals surface area contributed by atoms with Gasteiger partial charge in [-0.25, -0.2) is 4.98 Å². The molecule has 1 aromatic heterocycles. The molecule has 26 heavy (non-hydrogen) atoms. The Morgan fingerprint density at radius 2 is 1.85 bits per heavy atom. The minimum atomic E-state index is -0.747. The van der Waals surface area contributed by atoms with E-state index >= 15 is 0 Å². The molecule has 134 valence electrons. The number of H-pyrrole nitrogens is 1. The number of rotatable bonds is 4. The van der Waals surface area contributed by atoms with Gasteiger partial charge in [0, 0.05) is 18.4 Å². The molecule has 1 amide bonds. The largest absolute Gasteiger partial charge is 0.368 e. The van der Waals surface area contributed by atoms with Crippen molar-refractivity contribution >= 4 is 22.6 Å². The molecule has 1 aliphatic rings. The Kier molecular flexibility index (Phi) is 4.44. The minimum absolute atomic E-state index is 0.0852. The highest BCUT2D eigenvalue weighted by molar-refractivity contribution is 5.97. The lowest BCUT2D eigenvalue weighted by molar-refractivity contribution is -0.140. The number of para-hydroxylation sites is 2. The van der Waals surface area contributed by atoms with Crippen molar-refractivity contribution in [2.24, 2.45) is 0 Å². The first-order chi connectivity index (χ1) is 12.7. The smallest absolute Gasteiger partial charge is 0.256 e. The first-order valence-electron chi connectivity index (χ1n) is 8.83. The lowest BCUT2D eigenvalue weighted by atomic mass is 9.91. The highest BCUT2D eigenvalue weighted by Gasteiger charge is 2.39. The predicted molar refractivity (Wildman–Crippen MR) is 102 cm³/mol. The van der Waals surface area contributed by atoms with Crippen molar-refractivity contribution in [3.05, 3.63) is 48.5 Å². The molecule has 0 aliphatic carbocycles. The maximum atomic E-state index is 12.7. The first kappa shape index (κ1) is 16.8. The van der Waals surface area contributed by atoms with Crippen molar-refractivity contribution in [1.82, 2.24) is 15.3 Å². The van der Waals surface area contributed by atoms with Gasteiger partial charge in [0.25, 0.3) is 5.91 Å². The van der Waals surface area contributed by atoms with E-state index in [1.165, 1.54) is 0 Å². The van der Waals surface area contributed by atoms with Crippen molar-refractivity contribution in [1.29, 1.82) is 0 Å². The zero-order valence-corrected chi connectivity index (χ0v) is 14.7. The van der Waals surface area contributed by atoms with E-state index in [9.17, 15) is 4.79 Å². The molecule has 0 unspecified atom stereocenters. The average molecular weight is 350 g/mol. The van der Waals surface area contributed by atoms with Crippen LogP contribution >= 0.6 is 0 Å². The molecule has 4 rings (SSSR count). The van der Waals surface area contributed by atoms with Crippen LogP contribution in [0.15, 0.2) is 48.5 Å². The van der Waals surface area contributed by atoms with Crippen LogP contribution < -0.4 is 10.6 Å². The molecule has 6 heteroatoms. The molecule has 0 radical (unpaired) electrons. The van der Waals surface area contributed by atoms with E-state index in [1.54, 1.807) is 7.11 Å². The number of ether oxygens (including phenoxy) is 1. The van der Waals surface area contributed by atoms with Crippen molar-refractivity contribution in [2.45, 2.75) is 18.4 Å². The Morgan fingerprint density at radius 1 is 1.12 bits per heavy atom. The van der Waals surface area contributed by atoms with E-state index in [2.05, 4.69) is 20.6 Å². The number of fused-ring (bicyclic) bond motifs is 1. The van der Waals surface area contributed by atoms with Gasteiger partial charge in [-0.1, -0.05) is 12.1 Å². The van der Waals surface area contributed by atoms with Gasteiger partial charge in [0.2, 0.25) is 0 Å². The summed E-state index contributed by atoms with van der Waals surface area (Å²) in [4.78, 5) is 20.6. The molecule has 1 saturated heterocycles. The summed E-state index contributed by atoms with van der Waals surface area (Å²) in [6.07, 6.45) is 1.35. The fraction of sp³-hybridized carbons (Fsp3) is 0.300. The van der Waals surface area contributed by atoms with Crippen LogP contribution in [0.1, 0.15) is 12.8 Å². The summed E-state index contributed by atoms with van der Waals surface area (Å²) in [5.74, 6) is 0.730. The van der Waals surface area contributed by atoms with Crippen molar-refractivity contribution in [2.75, 3.05) is 25.5 Å². The number of hydrogen-bond acceptors (Lipinski definition) is 4. The molecule has 3 aromatic rings. The Labute approximate surface area is 152 Å². The van der Waals surface area contributed by atoms with Crippen LogP contribution in [0.2, 0.25) is 0 Å². The number of carbonyl (C=O) groups excluding carboxylic acids is 1. The van der Waals surface area contributed by atoms with Gasteiger partial charge in [0.1, 0.15) is 11.4 Å². The Hall–Kier alpha value is -2.70. The van der Waals surface area contributed by atoms with Gasteiger partial charge >= 0.3 is 0 Å². The third-order valence-corrected chi connectivity index (χ3v) is 5.02. The molecule has 1 fully saturated rings. The molecule has 6 nitrogen and oxygen atoms in total. The predicted octanol–water partition coefficient (Wildman–Crippen LogP) is 2.94. The molecule has 0 spiro atoms. The van der Waals surface area contributed by atoms with Crippen molar-refractivity contribution in [3.63, 3.8) is 0 Å². The van der Waals surface area contributed by atoms with Gasteiger partial charge in [0.05, 0.1) is 11.0 Å². The van der Waals surface area contributed by atoms with E-state index in [0.717, 1.165) is 41.2 Å². The number of hydrogen-bond donors (Lipinski definition) is 3. The summed E-state index contributed by atoms with van der Waals surface area (Å²) in [6, 6.07) is 15.6. The second-order valence-electron chi connectivity index (χ2n) is 6.58. The van der Waals surface area contributed by atoms with E-state index in [0.29, 0.717) is 12.8 Å².